The fourth-order valence-electron chi connectivity index (χ4n) is 1.45. The summed E-state index contributed by atoms with van der Waals surface area (Å²) in [6.45, 7) is 0. The average molecular weight is 313 g/mol. The van der Waals surface area contributed by atoms with Crippen molar-refractivity contribution in [2.45, 2.75) is 4.90 Å². The number of halogens is 1. The van der Waals surface area contributed by atoms with Gasteiger partial charge in [0.25, 0.3) is 10.0 Å². The summed E-state index contributed by atoms with van der Waals surface area (Å²) < 4.78 is 26.4. The number of hydrogen-bond acceptors (Lipinski definition) is 4. The van der Waals surface area contributed by atoms with E-state index in [9.17, 15) is 13.2 Å². The first kappa shape index (κ1) is 14.3. The molecule has 0 amide bonds. The summed E-state index contributed by atoms with van der Waals surface area (Å²) in [5, 5.41) is 9.03. The standard InChI is InChI=1S/C12H9ClN2O4S/c13-11-5-4-10(7-14-11)20(18,19)15-9-3-1-2-8(6-9)12(16)17/h1-7,15H,(H,16,17). The molecule has 0 unspecified atom stereocenters. The lowest BCUT2D eigenvalue weighted by atomic mass is 10.2. The number of rotatable bonds is 4. The molecule has 2 N–H and O–H groups in total. The number of aromatic carboxylic acids is 1. The first-order valence-electron chi connectivity index (χ1n) is 5.36. The molecule has 1 aromatic carbocycles. The van der Waals surface area contributed by atoms with Gasteiger partial charge in [-0.1, -0.05) is 17.7 Å². The van der Waals surface area contributed by atoms with E-state index in [0.29, 0.717) is 0 Å². The van der Waals surface area contributed by atoms with E-state index in [4.69, 9.17) is 16.7 Å². The predicted molar refractivity (Wildman–Crippen MR) is 73.5 cm³/mol. The van der Waals surface area contributed by atoms with Crippen molar-refractivity contribution in [1.82, 2.24) is 4.98 Å². The van der Waals surface area contributed by atoms with Gasteiger partial charge in [-0.15, -0.1) is 0 Å². The Morgan fingerprint density at radius 2 is 2.00 bits per heavy atom. The zero-order valence-electron chi connectivity index (χ0n) is 9.95. The van der Waals surface area contributed by atoms with Crippen LogP contribution in [-0.4, -0.2) is 24.5 Å². The fraction of sp³-hybridized carbons (Fsp3) is 0. The Kier molecular flexibility index (Phi) is 3.91. The van der Waals surface area contributed by atoms with Crippen molar-refractivity contribution in [3.05, 3.63) is 53.3 Å². The molecule has 0 aliphatic heterocycles. The summed E-state index contributed by atoms with van der Waals surface area (Å²) in [6, 6.07) is 8.14. The van der Waals surface area contributed by atoms with Gasteiger partial charge in [0.2, 0.25) is 0 Å². The van der Waals surface area contributed by atoms with Gasteiger partial charge in [-0.3, -0.25) is 4.72 Å². The molecule has 1 aromatic heterocycles. The Hall–Kier alpha value is -2.12. The molecule has 0 fully saturated rings. The Labute approximate surface area is 120 Å². The molecular formula is C12H9ClN2O4S. The maximum atomic E-state index is 12.1. The van der Waals surface area contributed by atoms with Gasteiger partial charge in [0.15, 0.2) is 0 Å². The third kappa shape index (κ3) is 3.25. The molecule has 0 aliphatic carbocycles. The van der Waals surface area contributed by atoms with Gasteiger partial charge in [0.05, 0.1) is 5.56 Å². The molecule has 6 nitrogen and oxygen atoms in total. The molecule has 20 heavy (non-hydrogen) atoms. The van der Waals surface area contributed by atoms with Crippen LogP contribution >= 0.6 is 11.6 Å². The van der Waals surface area contributed by atoms with Crippen molar-refractivity contribution in [3.8, 4) is 0 Å². The van der Waals surface area contributed by atoms with E-state index in [1.165, 1.54) is 36.4 Å². The van der Waals surface area contributed by atoms with Gasteiger partial charge in [-0.2, -0.15) is 0 Å². The number of sulfonamides is 1. The van der Waals surface area contributed by atoms with Crippen molar-refractivity contribution in [3.63, 3.8) is 0 Å². The second-order valence-corrected chi connectivity index (χ2v) is 5.88. The minimum Gasteiger partial charge on any atom is -0.478 e. The Balaban J connectivity index is 2.31. The highest BCUT2D eigenvalue weighted by Gasteiger charge is 2.15. The zero-order chi connectivity index (χ0) is 14.8. The van der Waals surface area contributed by atoms with Crippen LogP contribution in [0.25, 0.3) is 0 Å². The van der Waals surface area contributed by atoms with Gasteiger partial charge >= 0.3 is 5.97 Å². The lowest BCUT2D eigenvalue weighted by Gasteiger charge is -2.08. The van der Waals surface area contributed by atoms with Crippen molar-refractivity contribution in [2.24, 2.45) is 0 Å². The Bertz CT molecular complexity index is 744. The van der Waals surface area contributed by atoms with Gasteiger partial charge < -0.3 is 5.11 Å². The number of carboxylic acid groups (broad SMARTS) is 1. The van der Waals surface area contributed by atoms with Gasteiger partial charge in [0.1, 0.15) is 10.0 Å². The molecule has 0 radical (unpaired) electrons. The minimum absolute atomic E-state index is 0.0144. The number of pyridine rings is 1. The molecular weight excluding hydrogens is 304 g/mol. The lowest BCUT2D eigenvalue weighted by molar-refractivity contribution is 0.0697. The van der Waals surface area contributed by atoms with E-state index in [1.54, 1.807) is 0 Å². The maximum absolute atomic E-state index is 12.1. The highest BCUT2D eigenvalue weighted by atomic mass is 35.5. The second kappa shape index (κ2) is 5.48. The second-order valence-electron chi connectivity index (χ2n) is 3.81. The van der Waals surface area contributed by atoms with Crippen molar-refractivity contribution in [1.29, 1.82) is 0 Å². The molecule has 0 spiro atoms. The van der Waals surface area contributed by atoms with Crippen LogP contribution in [0, 0.1) is 0 Å². The summed E-state index contributed by atoms with van der Waals surface area (Å²) in [5.74, 6) is -1.14. The van der Waals surface area contributed by atoms with Crippen LogP contribution < -0.4 is 4.72 Å². The molecule has 2 rings (SSSR count). The maximum Gasteiger partial charge on any atom is 0.335 e. The quantitative estimate of drug-likeness (QED) is 0.844. The Morgan fingerprint density at radius 1 is 1.25 bits per heavy atom. The van der Waals surface area contributed by atoms with Gasteiger partial charge in [-0.25, -0.2) is 18.2 Å². The summed E-state index contributed by atoms with van der Waals surface area (Å²) in [6.07, 6.45) is 1.12. The van der Waals surface area contributed by atoms with E-state index in [1.807, 2.05) is 0 Å². The molecule has 0 bridgehead atoms. The van der Waals surface area contributed by atoms with E-state index >= 15 is 0 Å². The SMILES string of the molecule is O=C(O)c1cccc(NS(=O)(=O)c2ccc(Cl)nc2)c1. The van der Waals surface area contributed by atoms with Crippen molar-refractivity contribution >= 4 is 33.3 Å². The average Bonchev–Trinajstić information content (AvgIpc) is 2.39. The van der Waals surface area contributed by atoms with Crippen LogP contribution in [0.3, 0.4) is 0 Å². The summed E-state index contributed by atoms with van der Waals surface area (Å²) in [4.78, 5) is 14.4. The number of carboxylic acids is 1. The first-order chi connectivity index (χ1) is 9.38. The number of benzene rings is 1. The number of nitrogens with one attached hydrogen (secondary N) is 1. The lowest BCUT2D eigenvalue weighted by Crippen LogP contribution is -2.13. The third-order valence-corrected chi connectivity index (χ3v) is 3.96. The third-order valence-electron chi connectivity index (χ3n) is 2.37. The summed E-state index contributed by atoms with van der Waals surface area (Å²) in [7, 11) is -3.84. The molecule has 104 valence electrons. The van der Waals surface area contributed by atoms with Crippen molar-refractivity contribution in [2.75, 3.05) is 4.72 Å². The normalized spacial score (nSPS) is 11.1. The van der Waals surface area contributed by atoms with E-state index in [0.717, 1.165) is 6.20 Å². The monoisotopic (exact) mass is 312 g/mol. The zero-order valence-corrected chi connectivity index (χ0v) is 11.5. The van der Waals surface area contributed by atoms with Crippen LogP contribution in [0.1, 0.15) is 10.4 Å². The van der Waals surface area contributed by atoms with Crippen LogP contribution in [0.2, 0.25) is 5.15 Å². The van der Waals surface area contributed by atoms with Crippen LogP contribution in [0.4, 0.5) is 5.69 Å². The summed E-state index contributed by atoms with van der Waals surface area (Å²) >= 11 is 5.59. The molecule has 0 saturated heterocycles. The molecule has 1 heterocycles. The number of nitrogens with zero attached hydrogens (tertiary/aromatic N) is 1. The highest BCUT2D eigenvalue weighted by Crippen LogP contribution is 2.17. The topological polar surface area (TPSA) is 96.4 Å². The summed E-state index contributed by atoms with van der Waals surface area (Å²) in [5.41, 5.74) is 0.138. The number of carbonyl (C=O) groups is 1. The predicted octanol–water partition coefficient (Wildman–Crippen LogP) is 2.23. The highest BCUT2D eigenvalue weighted by molar-refractivity contribution is 7.92. The minimum atomic E-state index is -3.84. The van der Waals surface area contributed by atoms with Crippen LogP contribution in [0.5, 0.6) is 0 Å². The number of aromatic nitrogens is 1. The van der Waals surface area contributed by atoms with Crippen molar-refractivity contribution < 1.29 is 18.3 Å². The largest absolute Gasteiger partial charge is 0.478 e. The fourth-order valence-corrected chi connectivity index (χ4v) is 2.56. The van der Waals surface area contributed by atoms with Crippen LogP contribution in [0.15, 0.2) is 47.5 Å². The number of anilines is 1. The molecule has 8 heteroatoms. The van der Waals surface area contributed by atoms with Crippen LogP contribution in [-0.2, 0) is 10.0 Å². The molecule has 0 saturated carbocycles. The van der Waals surface area contributed by atoms with Gasteiger partial charge in [-0.05, 0) is 30.3 Å². The molecule has 2 aromatic rings. The van der Waals surface area contributed by atoms with E-state index < -0.39 is 16.0 Å². The molecule has 0 atom stereocenters. The smallest absolute Gasteiger partial charge is 0.335 e. The van der Waals surface area contributed by atoms with E-state index in [-0.39, 0.29) is 21.3 Å². The number of hydrogen-bond donors (Lipinski definition) is 2. The Morgan fingerprint density at radius 3 is 2.60 bits per heavy atom. The first-order valence-corrected chi connectivity index (χ1v) is 7.22. The van der Waals surface area contributed by atoms with Gasteiger partial charge in [0, 0.05) is 11.9 Å². The van der Waals surface area contributed by atoms with E-state index in [2.05, 4.69) is 9.71 Å². The molecule has 0 aliphatic rings.